The van der Waals surface area contributed by atoms with Crippen molar-refractivity contribution in [3.63, 3.8) is 0 Å². The van der Waals surface area contributed by atoms with Gasteiger partial charge in [0.25, 0.3) is 0 Å². The Labute approximate surface area is 166 Å². The summed E-state index contributed by atoms with van der Waals surface area (Å²) in [5.74, 6) is 0.707. The van der Waals surface area contributed by atoms with Crippen molar-refractivity contribution in [2.75, 3.05) is 32.8 Å². The molecule has 3 aliphatic heterocycles. The zero-order valence-electron chi connectivity index (χ0n) is 15.8. The van der Waals surface area contributed by atoms with Crippen LogP contribution < -0.4 is 10.6 Å². The fraction of sp³-hybridized carbons (Fsp3) is 0.667. The van der Waals surface area contributed by atoms with Gasteiger partial charge in [-0.2, -0.15) is 0 Å². The zero-order valence-corrected chi connectivity index (χ0v) is 16.6. The SMILES string of the molecule is O=C(CC1CC2CCC(C1)N2)NCC(c1cccc(Cl)c1)N1CCOCC1. The van der Waals surface area contributed by atoms with Crippen LogP contribution in [-0.4, -0.2) is 55.7 Å². The molecule has 2 bridgehead atoms. The van der Waals surface area contributed by atoms with Crippen molar-refractivity contribution < 1.29 is 9.53 Å². The number of fused-ring (bicyclic) bond motifs is 2. The van der Waals surface area contributed by atoms with E-state index in [9.17, 15) is 4.79 Å². The Morgan fingerprint density at radius 3 is 2.70 bits per heavy atom. The first-order valence-electron chi connectivity index (χ1n) is 10.3. The van der Waals surface area contributed by atoms with Crippen LogP contribution in [0.25, 0.3) is 0 Å². The van der Waals surface area contributed by atoms with Crippen LogP contribution in [-0.2, 0) is 9.53 Å². The number of piperidine rings is 1. The van der Waals surface area contributed by atoms with Gasteiger partial charge in [0.05, 0.1) is 19.3 Å². The van der Waals surface area contributed by atoms with E-state index in [0.29, 0.717) is 31.0 Å². The van der Waals surface area contributed by atoms with Crippen LogP contribution >= 0.6 is 11.6 Å². The predicted octanol–water partition coefficient (Wildman–Crippen LogP) is 2.75. The summed E-state index contributed by atoms with van der Waals surface area (Å²) in [5.41, 5.74) is 1.16. The molecule has 0 aliphatic carbocycles. The maximum atomic E-state index is 12.6. The molecule has 2 N–H and O–H groups in total. The third-order valence-corrected chi connectivity index (χ3v) is 6.49. The van der Waals surface area contributed by atoms with Crippen LogP contribution in [0.4, 0.5) is 0 Å². The molecular formula is C21H30ClN3O2. The number of morpholine rings is 1. The molecule has 1 aromatic carbocycles. The van der Waals surface area contributed by atoms with Crippen LogP contribution in [0, 0.1) is 5.92 Å². The number of hydrogen-bond donors (Lipinski definition) is 2. The minimum absolute atomic E-state index is 0.140. The van der Waals surface area contributed by atoms with Gasteiger partial charge in [0.2, 0.25) is 5.91 Å². The van der Waals surface area contributed by atoms with Gasteiger partial charge < -0.3 is 15.4 Å². The van der Waals surface area contributed by atoms with Crippen LogP contribution in [0.5, 0.6) is 0 Å². The summed E-state index contributed by atoms with van der Waals surface area (Å²) in [6, 6.07) is 9.40. The minimum Gasteiger partial charge on any atom is -0.379 e. The summed E-state index contributed by atoms with van der Waals surface area (Å²) in [7, 11) is 0. The van der Waals surface area contributed by atoms with E-state index in [1.165, 1.54) is 12.8 Å². The molecular weight excluding hydrogens is 362 g/mol. The Bertz CT molecular complexity index is 638. The molecule has 5 nitrogen and oxygen atoms in total. The lowest BCUT2D eigenvalue weighted by atomic mass is 9.89. The number of carbonyl (C=O) groups is 1. The summed E-state index contributed by atoms with van der Waals surface area (Å²) >= 11 is 6.22. The van der Waals surface area contributed by atoms with E-state index in [4.69, 9.17) is 16.3 Å². The van der Waals surface area contributed by atoms with Gasteiger partial charge >= 0.3 is 0 Å². The standard InChI is InChI=1S/C21H30ClN3O2/c22-17-3-1-2-16(13-17)20(25-6-8-27-9-7-25)14-23-21(26)12-15-10-18-4-5-19(11-15)24-18/h1-3,13,15,18-20,24H,4-12,14H2,(H,23,26). The number of ether oxygens (including phenoxy) is 1. The molecule has 0 aromatic heterocycles. The quantitative estimate of drug-likeness (QED) is 0.782. The molecule has 3 fully saturated rings. The Hall–Kier alpha value is -1.14. The van der Waals surface area contributed by atoms with Gasteiger partial charge in [-0.15, -0.1) is 0 Å². The predicted molar refractivity (Wildman–Crippen MR) is 107 cm³/mol. The maximum absolute atomic E-state index is 12.6. The molecule has 148 valence electrons. The van der Waals surface area contributed by atoms with E-state index in [1.54, 1.807) is 0 Å². The van der Waals surface area contributed by atoms with Crippen LogP contribution in [0.1, 0.15) is 43.7 Å². The average Bonchev–Trinajstić information content (AvgIpc) is 3.01. The number of benzene rings is 1. The summed E-state index contributed by atoms with van der Waals surface area (Å²) in [5, 5.41) is 7.60. The monoisotopic (exact) mass is 391 g/mol. The van der Waals surface area contributed by atoms with Gasteiger partial charge in [-0.1, -0.05) is 23.7 Å². The van der Waals surface area contributed by atoms with E-state index in [1.807, 2.05) is 18.2 Å². The lowest BCUT2D eigenvalue weighted by molar-refractivity contribution is -0.122. The van der Waals surface area contributed by atoms with Gasteiger partial charge in [0.1, 0.15) is 0 Å². The van der Waals surface area contributed by atoms with Crippen molar-refractivity contribution in [2.24, 2.45) is 5.92 Å². The summed E-state index contributed by atoms with van der Waals surface area (Å²) in [4.78, 5) is 15.0. The first-order valence-corrected chi connectivity index (χ1v) is 10.6. The normalized spacial score (nSPS) is 29.4. The molecule has 0 saturated carbocycles. The lowest BCUT2D eigenvalue weighted by Crippen LogP contribution is -2.44. The number of nitrogens with one attached hydrogen (secondary N) is 2. The number of hydrogen-bond acceptors (Lipinski definition) is 4. The number of nitrogens with zero attached hydrogens (tertiary/aromatic N) is 1. The Morgan fingerprint density at radius 2 is 2.00 bits per heavy atom. The fourth-order valence-corrected chi connectivity index (χ4v) is 5.15. The van der Waals surface area contributed by atoms with Crippen molar-refractivity contribution in [1.29, 1.82) is 0 Å². The smallest absolute Gasteiger partial charge is 0.220 e. The third-order valence-electron chi connectivity index (χ3n) is 6.26. The molecule has 0 spiro atoms. The summed E-state index contributed by atoms with van der Waals surface area (Å²) in [6.07, 6.45) is 5.49. The van der Waals surface area contributed by atoms with Gasteiger partial charge in [-0.25, -0.2) is 0 Å². The average molecular weight is 392 g/mol. The van der Waals surface area contributed by atoms with Gasteiger partial charge in [0.15, 0.2) is 0 Å². The molecule has 3 unspecified atom stereocenters. The Balaban J connectivity index is 1.35. The molecule has 4 rings (SSSR count). The van der Waals surface area contributed by atoms with Crippen LogP contribution in [0.3, 0.4) is 0 Å². The second-order valence-electron chi connectivity index (χ2n) is 8.20. The van der Waals surface area contributed by atoms with Crippen LogP contribution in [0.2, 0.25) is 5.02 Å². The molecule has 0 radical (unpaired) electrons. The highest BCUT2D eigenvalue weighted by atomic mass is 35.5. The molecule has 27 heavy (non-hydrogen) atoms. The molecule has 6 heteroatoms. The van der Waals surface area contributed by atoms with Crippen molar-refractivity contribution in [2.45, 2.75) is 50.2 Å². The molecule has 1 aromatic rings. The zero-order chi connectivity index (χ0) is 18.6. The minimum atomic E-state index is 0.140. The van der Waals surface area contributed by atoms with E-state index < -0.39 is 0 Å². The first-order chi connectivity index (χ1) is 13.2. The van der Waals surface area contributed by atoms with E-state index in [0.717, 1.165) is 49.7 Å². The van der Waals surface area contributed by atoms with Crippen molar-refractivity contribution in [1.82, 2.24) is 15.5 Å². The Kier molecular flexibility index (Phi) is 6.33. The summed E-state index contributed by atoms with van der Waals surface area (Å²) in [6.45, 7) is 3.86. The van der Waals surface area contributed by atoms with Crippen molar-refractivity contribution in [3.8, 4) is 0 Å². The highest BCUT2D eigenvalue weighted by molar-refractivity contribution is 6.30. The van der Waals surface area contributed by atoms with E-state index in [-0.39, 0.29) is 11.9 Å². The Morgan fingerprint density at radius 1 is 1.26 bits per heavy atom. The highest BCUT2D eigenvalue weighted by Crippen LogP contribution is 2.32. The molecule has 3 atom stereocenters. The van der Waals surface area contributed by atoms with E-state index >= 15 is 0 Å². The number of amides is 1. The van der Waals surface area contributed by atoms with Crippen LogP contribution in [0.15, 0.2) is 24.3 Å². The lowest BCUT2D eigenvalue weighted by Gasteiger charge is -2.35. The topological polar surface area (TPSA) is 53.6 Å². The van der Waals surface area contributed by atoms with Gasteiger partial charge in [0, 0.05) is 43.2 Å². The number of carbonyl (C=O) groups excluding carboxylic acids is 1. The molecule has 3 aliphatic rings. The highest BCUT2D eigenvalue weighted by Gasteiger charge is 2.34. The van der Waals surface area contributed by atoms with Gasteiger partial charge in [-0.3, -0.25) is 9.69 Å². The molecule has 1 amide bonds. The van der Waals surface area contributed by atoms with E-state index in [2.05, 4.69) is 21.6 Å². The largest absolute Gasteiger partial charge is 0.379 e. The fourth-order valence-electron chi connectivity index (χ4n) is 4.95. The second-order valence-corrected chi connectivity index (χ2v) is 8.64. The third kappa shape index (κ3) is 5.02. The van der Waals surface area contributed by atoms with Gasteiger partial charge in [-0.05, 0) is 49.3 Å². The maximum Gasteiger partial charge on any atom is 0.220 e. The summed E-state index contributed by atoms with van der Waals surface area (Å²) < 4.78 is 5.50. The molecule has 3 saturated heterocycles. The molecule has 3 heterocycles. The second kappa shape index (κ2) is 8.91. The van der Waals surface area contributed by atoms with Crippen molar-refractivity contribution in [3.05, 3.63) is 34.9 Å². The number of halogens is 1. The van der Waals surface area contributed by atoms with Crippen molar-refractivity contribution >= 4 is 17.5 Å². The number of rotatable bonds is 6. The first kappa shape index (κ1) is 19.2.